The van der Waals surface area contributed by atoms with E-state index < -0.39 is 5.60 Å². The molecular formula is C17H26N4O2. The molecule has 6 heteroatoms. The molecule has 1 aliphatic heterocycles. The predicted molar refractivity (Wildman–Crippen MR) is 88.4 cm³/mol. The molecule has 2 bridgehead atoms. The van der Waals surface area contributed by atoms with Crippen molar-refractivity contribution in [2.24, 2.45) is 11.8 Å². The lowest BCUT2D eigenvalue weighted by Crippen LogP contribution is -2.53. The number of carbonyl (C=O) groups excluding carboxylic acids is 1. The summed E-state index contributed by atoms with van der Waals surface area (Å²) in [5.74, 6) is 1.90. The smallest absolute Gasteiger partial charge is 0.407 e. The summed E-state index contributed by atoms with van der Waals surface area (Å²) in [7, 11) is 0. The average Bonchev–Trinajstić information content (AvgIpc) is 2.68. The molecule has 2 unspecified atom stereocenters. The van der Waals surface area contributed by atoms with Crippen LogP contribution < -0.4 is 10.2 Å². The van der Waals surface area contributed by atoms with E-state index in [2.05, 4.69) is 20.2 Å². The van der Waals surface area contributed by atoms with Gasteiger partial charge in [-0.2, -0.15) is 0 Å². The van der Waals surface area contributed by atoms with Crippen molar-refractivity contribution in [3.8, 4) is 0 Å². The molecule has 3 atom stereocenters. The first-order chi connectivity index (χ1) is 10.8. The number of fused-ring (bicyclic) bond motifs is 2. The second-order valence-electron chi connectivity index (χ2n) is 7.69. The number of nitrogens with one attached hydrogen (secondary N) is 1. The lowest BCUT2D eigenvalue weighted by atomic mass is 9.92. The monoisotopic (exact) mass is 318 g/mol. The van der Waals surface area contributed by atoms with Gasteiger partial charge in [-0.15, -0.1) is 0 Å². The fraction of sp³-hybridized carbons (Fsp3) is 0.706. The molecule has 23 heavy (non-hydrogen) atoms. The molecule has 2 aliphatic rings. The Morgan fingerprint density at radius 1 is 1.26 bits per heavy atom. The number of aryl methyl sites for hydroxylation is 1. The van der Waals surface area contributed by atoms with Gasteiger partial charge in [0.1, 0.15) is 17.7 Å². The van der Waals surface area contributed by atoms with Gasteiger partial charge in [0.2, 0.25) is 0 Å². The van der Waals surface area contributed by atoms with Crippen LogP contribution in [-0.4, -0.2) is 40.8 Å². The Morgan fingerprint density at radius 3 is 2.48 bits per heavy atom. The van der Waals surface area contributed by atoms with Crippen LogP contribution in [0.25, 0.3) is 0 Å². The molecule has 2 heterocycles. The summed E-state index contributed by atoms with van der Waals surface area (Å²) >= 11 is 0. The van der Waals surface area contributed by atoms with Gasteiger partial charge in [-0.3, -0.25) is 0 Å². The zero-order chi connectivity index (χ0) is 16.6. The van der Waals surface area contributed by atoms with Gasteiger partial charge in [0.25, 0.3) is 0 Å². The Labute approximate surface area is 137 Å². The summed E-state index contributed by atoms with van der Waals surface area (Å²) in [5, 5.41) is 3.10. The van der Waals surface area contributed by atoms with Gasteiger partial charge in [-0.1, -0.05) is 0 Å². The molecule has 1 aliphatic carbocycles. The second-order valence-corrected chi connectivity index (χ2v) is 7.69. The SMILES string of the molecule is Cc1cc(N2CC3CC[C@@H](C2)C3NC(=O)OC(C)(C)C)ncn1. The van der Waals surface area contributed by atoms with Crippen LogP contribution in [0.2, 0.25) is 0 Å². The number of ether oxygens (including phenoxy) is 1. The number of piperidine rings is 1. The maximum atomic E-state index is 12.1. The van der Waals surface area contributed by atoms with Crippen molar-refractivity contribution in [2.45, 2.75) is 52.2 Å². The number of hydrogen-bond donors (Lipinski definition) is 1. The highest BCUT2D eigenvalue weighted by Crippen LogP contribution is 2.38. The Bertz CT molecular complexity index is 570. The molecule has 1 aromatic rings. The third-order valence-corrected chi connectivity index (χ3v) is 4.63. The molecule has 1 saturated carbocycles. The fourth-order valence-corrected chi connectivity index (χ4v) is 3.70. The summed E-state index contributed by atoms with van der Waals surface area (Å²) < 4.78 is 5.41. The molecule has 2 fully saturated rings. The summed E-state index contributed by atoms with van der Waals surface area (Å²) in [6, 6.07) is 2.24. The quantitative estimate of drug-likeness (QED) is 0.907. The van der Waals surface area contributed by atoms with Crippen molar-refractivity contribution in [1.82, 2.24) is 15.3 Å². The van der Waals surface area contributed by atoms with Crippen LogP contribution in [0.1, 0.15) is 39.3 Å². The number of hydrogen-bond acceptors (Lipinski definition) is 5. The molecule has 6 nitrogen and oxygen atoms in total. The van der Waals surface area contributed by atoms with Crippen molar-refractivity contribution in [2.75, 3.05) is 18.0 Å². The highest BCUT2D eigenvalue weighted by atomic mass is 16.6. The molecule has 0 aromatic carbocycles. The lowest BCUT2D eigenvalue weighted by molar-refractivity contribution is 0.0472. The normalized spacial score (nSPS) is 27.0. The van der Waals surface area contributed by atoms with E-state index in [1.54, 1.807) is 6.33 Å². The average molecular weight is 318 g/mol. The van der Waals surface area contributed by atoms with Crippen molar-refractivity contribution in [3.05, 3.63) is 18.1 Å². The third kappa shape index (κ3) is 3.74. The van der Waals surface area contributed by atoms with E-state index in [0.29, 0.717) is 11.8 Å². The molecular weight excluding hydrogens is 292 g/mol. The summed E-state index contributed by atoms with van der Waals surface area (Å²) in [6.45, 7) is 9.50. The number of alkyl carbamates (subject to hydrolysis) is 1. The van der Waals surface area contributed by atoms with Crippen LogP contribution in [0, 0.1) is 18.8 Å². The van der Waals surface area contributed by atoms with Crippen LogP contribution in [0.15, 0.2) is 12.4 Å². The van der Waals surface area contributed by atoms with Crippen LogP contribution in [-0.2, 0) is 4.74 Å². The highest BCUT2D eigenvalue weighted by molar-refractivity contribution is 5.68. The second kappa shape index (κ2) is 5.98. The van der Waals surface area contributed by atoms with E-state index in [1.807, 2.05) is 33.8 Å². The number of aromatic nitrogens is 2. The van der Waals surface area contributed by atoms with Gasteiger partial charge < -0.3 is 15.0 Å². The third-order valence-electron chi connectivity index (χ3n) is 4.63. The minimum atomic E-state index is -0.456. The molecule has 0 spiro atoms. The minimum Gasteiger partial charge on any atom is -0.444 e. The zero-order valence-electron chi connectivity index (χ0n) is 14.4. The topological polar surface area (TPSA) is 67.4 Å². The Hall–Kier alpha value is -1.85. The maximum Gasteiger partial charge on any atom is 0.407 e. The van der Waals surface area contributed by atoms with E-state index in [1.165, 1.54) is 0 Å². The number of anilines is 1. The molecule has 0 radical (unpaired) electrons. The van der Waals surface area contributed by atoms with Gasteiger partial charge in [0, 0.05) is 30.9 Å². The van der Waals surface area contributed by atoms with Crippen LogP contribution in [0.3, 0.4) is 0 Å². The van der Waals surface area contributed by atoms with E-state index in [-0.39, 0.29) is 12.1 Å². The van der Waals surface area contributed by atoms with E-state index in [0.717, 1.165) is 37.4 Å². The lowest BCUT2D eigenvalue weighted by Gasteiger charge is -2.39. The van der Waals surface area contributed by atoms with Gasteiger partial charge in [0.05, 0.1) is 0 Å². The van der Waals surface area contributed by atoms with Crippen molar-refractivity contribution >= 4 is 11.9 Å². The van der Waals surface area contributed by atoms with Crippen LogP contribution in [0.5, 0.6) is 0 Å². The molecule has 1 aromatic heterocycles. The predicted octanol–water partition coefficient (Wildman–Crippen LogP) is 2.52. The zero-order valence-corrected chi connectivity index (χ0v) is 14.4. The summed E-state index contributed by atoms with van der Waals surface area (Å²) in [5.41, 5.74) is 0.527. The molecule has 1 N–H and O–H groups in total. The van der Waals surface area contributed by atoms with Gasteiger partial charge in [-0.05, 0) is 52.4 Å². The number of nitrogens with zero attached hydrogens (tertiary/aromatic N) is 3. The van der Waals surface area contributed by atoms with Crippen LogP contribution in [0.4, 0.5) is 10.6 Å². The maximum absolute atomic E-state index is 12.1. The van der Waals surface area contributed by atoms with Gasteiger partial charge in [0.15, 0.2) is 0 Å². The van der Waals surface area contributed by atoms with E-state index in [4.69, 9.17) is 4.74 Å². The first kappa shape index (κ1) is 16.0. The number of amides is 1. The molecule has 1 saturated heterocycles. The fourth-order valence-electron chi connectivity index (χ4n) is 3.70. The van der Waals surface area contributed by atoms with E-state index >= 15 is 0 Å². The van der Waals surface area contributed by atoms with E-state index in [9.17, 15) is 4.79 Å². The molecule has 3 rings (SSSR count). The number of rotatable bonds is 2. The minimum absolute atomic E-state index is 0.212. The first-order valence-corrected chi connectivity index (χ1v) is 8.35. The Balaban J connectivity index is 1.64. The standard InChI is InChI=1S/C17H26N4O2/c1-11-7-14(19-10-18-11)21-8-12-5-6-13(9-21)15(12)20-16(22)23-17(2,3)4/h7,10,12-13,15H,5-6,8-9H2,1-4H3,(H,20,22)/t12-,13?,15?/m0/s1. The van der Waals surface area contributed by atoms with Crippen molar-refractivity contribution in [3.63, 3.8) is 0 Å². The summed E-state index contributed by atoms with van der Waals surface area (Å²) in [4.78, 5) is 23.0. The largest absolute Gasteiger partial charge is 0.444 e. The van der Waals surface area contributed by atoms with Gasteiger partial charge in [-0.25, -0.2) is 14.8 Å². The molecule has 1 amide bonds. The van der Waals surface area contributed by atoms with Crippen LogP contribution >= 0.6 is 0 Å². The Kier molecular flexibility index (Phi) is 4.17. The van der Waals surface area contributed by atoms with Gasteiger partial charge >= 0.3 is 6.09 Å². The first-order valence-electron chi connectivity index (χ1n) is 8.35. The van der Waals surface area contributed by atoms with Crippen molar-refractivity contribution < 1.29 is 9.53 Å². The summed E-state index contributed by atoms with van der Waals surface area (Å²) in [6.07, 6.45) is 3.61. The highest BCUT2D eigenvalue weighted by Gasteiger charge is 2.43. The molecule has 126 valence electrons. The Morgan fingerprint density at radius 2 is 1.91 bits per heavy atom. The number of carbonyl (C=O) groups is 1. The van der Waals surface area contributed by atoms with Crippen molar-refractivity contribution in [1.29, 1.82) is 0 Å².